The highest BCUT2D eigenvalue weighted by atomic mass is 32.1. The van der Waals surface area contributed by atoms with Crippen LogP contribution in [0.15, 0.2) is 11.4 Å². The van der Waals surface area contributed by atoms with Crippen molar-refractivity contribution >= 4 is 27.4 Å². The maximum atomic E-state index is 5.97. The normalized spacial score (nSPS) is 20.8. The summed E-state index contributed by atoms with van der Waals surface area (Å²) >= 11 is 1.63. The molecule has 1 unspecified atom stereocenters. The Hall–Kier alpha value is -1.20. The molecule has 1 saturated heterocycles. The number of nitrogen functional groups attached to an aromatic ring is 1. The molecule has 0 aliphatic carbocycles. The molecule has 0 radical (unpaired) electrons. The number of anilines is 1. The van der Waals surface area contributed by atoms with Gasteiger partial charge in [-0.05, 0) is 30.3 Å². The van der Waals surface area contributed by atoms with Gasteiger partial charge in [-0.2, -0.15) is 0 Å². The third-order valence-electron chi connectivity index (χ3n) is 3.71. The molecule has 1 fully saturated rings. The number of hydrogen-bond acceptors (Lipinski definition) is 5. The van der Waals surface area contributed by atoms with Crippen molar-refractivity contribution in [2.24, 2.45) is 5.92 Å². The maximum absolute atomic E-state index is 5.97. The molecule has 0 amide bonds. The molecule has 2 aromatic rings. The van der Waals surface area contributed by atoms with Crippen LogP contribution in [0.2, 0.25) is 0 Å². The maximum Gasteiger partial charge on any atom is 0.146 e. The number of rotatable bonds is 3. The van der Waals surface area contributed by atoms with Crippen LogP contribution in [0, 0.1) is 5.92 Å². The fourth-order valence-electron chi connectivity index (χ4n) is 2.58. The molecule has 2 N–H and O–H groups in total. The zero-order valence-electron chi connectivity index (χ0n) is 10.6. The Kier molecular flexibility index (Phi) is 3.18. The zero-order valence-corrected chi connectivity index (χ0v) is 11.4. The third kappa shape index (κ3) is 2.20. The first-order valence-corrected chi connectivity index (χ1v) is 7.36. The summed E-state index contributed by atoms with van der Waals surface area (Å²) in [5.74, 6) is 2.31. The van der Waals surface area contributed by atoms with Crippen LogP contribution in [0.3, 0.4) is 0 Å². The van der Waals surface area contributed by atoms with E-state index in [1.54, 1.807) is 11.3 Å². The molecule has 2 aromatic heterocycles. The van der Waals surface area contributed by atoms with Gasteiger partial charge >= 0.3 is 0 Å². The predicted molar refractivity (Wildman–Crippen MR) is 75.5 cm³/mol. The molecule has 18 heavy (non-hydrogen) atoms. The summed E-state index contributed by atoms with van der Waals surface area (Å²) in [6.45, 7) is 5.42. The van der Waals surface area contributed by atoms with Crippen molar-refractivity contribution < 1.29 is 0 Å². The van der Waals surface area contributed by atoms with Crippen LogP contribution in [0.1, 0.15) is 25.6 Å². The van der Waals surface area contributed by atoms with Gasteiger partial charge in [0.25, 0.3) is 0 Å². The molecule has 1 atom stereocenters. The molecular formula is C13H18N4S. The van der Waals surface area contributed by atoms with Gasteiger partial charge in [0.2, 0.25) is 0 Å². The molecule has 3 heterocycles. The van der Waals surface area contributed by atoms with Crippen molar-refractivity contribution in [2.45, 2.75) is 26.3 Å². The first-order valence-electron chi connectivity index (χ1n) is 6.48. The average molecular weight is 262 g/mol. The van der Waals surface area contributed by atoms with Gasteiger partial charge in [0.05, 0.1) is 11.9 Å². The van der Waals surface area contributed by atoms with Crippen LogP contribution in [-0.4, -0.2) is 28.0 Å². The van der Waals surface area contributed by atoms with Crippen LogP contribution < -0.4 is 5.73 Å². The van der Waals surface area contributed by atoms with Crippen LogP contribution in [0.25, 0.3) is 10.2 Å². The lowest BCUT2D eigenvalue weighted by Gasteiger charge is -2.14. The fourth-order valence-corrected chi connectivity index (χ4v) is 3.38. The van der Waals surface area contributed by atoms with Crippen molar-refractivity contribution in [3.8, 4) is 0 Å². The summed E-state index contributed by atoms with van der Waals surface area (Å²) in [5, 5.41) is 3.00. The zero-order chi connectivity index (χ0) is 12.5. The number of thiophene rings is 1. The summed E-state index contributed by atoms with van der Waals surface area (Å²) in [6, 6.07) is 1.99. The monoisotopic (exact) mass is 262 g/mol. The molecule has 0 spiro atoms. The number of fused-ring (bicyclic) bond motifs is 1. The van der Waals surface area contributed by atoms with Gasteiger partial charge in [-0.3, -0.25) is 4.90 Å². The summed E-state index contributed by atoms with van der Waals surface area (Å²) in [6.07, 6.45) is 2.57. The Morgan fingerprint density at radius 1 is 1.50 bits per heavy atom. The molecule has 0 bridgehead atoms. The second-order valence-electron chi connectivity index (χ2n) is 4.96. The smallest absolute Gasteiger partial charge is 0.146 e. The summed E-state index contributed by atoms with van der Waals surface area (Å²) in [5.41, 5.74) is 5.97. The molecule has 1 aliphatic heterocycles. The van der Waals surface area contributed by atoms with Crippen molar-refractivity contribution in [2.75, 3.05) is 18.8 Å². The van der Waals surface area contributed by atoms with Crippen molar-refractivity contribution in [1.29, 1.82) is 0 Å². The van der Waals surface area contributed by atoms with Crippen LogP contribution >= 0.6 is 11.3 Å². The van der Waals surface area contributed by atoms with E-state index in [1.165, 1.54) is 19.4 Å². The quantitative estimate of drug-likeness (QED) is 0.923. The molecule has 0 aromatic carbocycles. The van der Waals surface area contributed by atoms with E-state index < -0.39 is 0 Å². The van der Waals surface area contributed by atoms with Crippen LogP contribution in [0.5, 0.6) is 0 Å². The SMILES string of the molecule is CCC1CCN(Cc2nc(N)c3ccsc3n2)C1. The Labute approximate surface area is 111 Å². The summed E-state index contributed by atoms with van der Waals surface area (Å²) in [7, 11) is 0. The van der Waals surface area contributed by atoms with Crippen molar-refractivity contribution in [1.82, 2.24) is 14.9 Å². The highest BCUT2D eigenvalue weighted by Gasteiger charge is 2.21. The standard InChI is InChI=1S/C13H18N4S/c1-2-9-3-5-17(7-9)8-11-15-12(14)10-4-6-18-13(10)16-11/h4,6,9H,2-3,5,7-8H2,1H3,(H2,14,15,16). The highest BCUT2D eigenvalue weighted by molar-refractivity contribution is 7.16. The number of likely N-dealkylation sites (tertiary alicyclic amines) is 1. The Morgan fingerprint density at radius 3 is 3.17 bits per heavy atom. The predicted octanol–water partition coefficient (Wildman–Crippen LogP) is 2.51. The van der Waals surface area contributed by atoms with Crippen LogP contribution in [0.4, 0.5) is 5.82 Å². The second kappa shape index (κ2) is 4.82. The van der Waals surface area contributed by atoms with Gasteiger partial charge in [0.15, 0.2) is 0 Å². The van der Waals surface area contributed by atoms with E-state index in [9.17, 15) is 0 Å². The Morgan fingerprint density at radius 2 is 2.39 bits per heavy atom. The summed E-state index contributed by atoms with van der Waals surface area (Å²) in [4.78, 5) is 12.5. The van der Waals surface area contributed by atoms with E-state index in [0.717, 1.165) is 35.0 Å². The number of nitrogens with zero attached hydrogens (tertiary/aromatic N) is 3. The summed E-state index contributed by atoms with van der Waals surface area (Å²) < 4.78 is 0. The average Bonchev–Trinajstić information content (AvgIpc) is 2.97. The van der Waals surface area contributed by atoms with Gasteiger partial charge in [0.1, 0.15) is 16.5 Å². The largest absolute Gasteiger partial charge is 0.383 e. The van der Waals surface area contributed by atoms with Crippen molar-refractivity contribution in [3.63, 3.8) is 0 Å². The minimum absolute atomic E-state index is 0.613. The van der Waals surface area contributed by atoms with Gasteiger partial charge < -0.3 is 5.73 Å². The van der Waals surface area contributed by atoms with E-state index in [0.29, 0.717) is 5.82 Å². The Bertz CT molecular complexity index is 551. The first-order chi connectivity index (χ1) is 8.76. The number of aromatic nitrogens is 2. The number of hydrogen-bond donors (Lipinski definition) is 1. The minimum atomic E-state index is 0.613. The Balaban J connectivity index is 1.78. The van der Waals surface area contributed by atoms with Crippen molar-refractivity contribution in [3.05, 3.63) is 17.3 Å². The molecule has 0 saturated carbocycles. The number of nitrogens with two attached hydrogens (primary N) is 1. The van der Waals surface area contributed by atoms with Gasteiger partial charge in [-0.25, -0.2) is 9.97 Å². The molecule has 5 heteroatoms. The molecule has 4 nitrogen and oxygen atoms in total. The highest BCUT2D eigenvalue weighted by Crippen LogP contribution is 2.24. The lowest BCUT2D eigenvalue weighted by molar-refractivity contribution is 0.308. The molecule has 1 aliphatic rings. The fraction of sp³-hybridized carbons (Fsp3) is 0.538. The van der Waals surface area contributed by atoms with Gasteiger partial charge in [0, 0.05) is 6.54 Å². The second-order valence-corrected chi connectivity index (χ2v) is 5.86. The van der Waals surface area contributed by atoms with E-state index in [2.05, 4.69) is 21.8 Å². The molecule has 3 rings (SSSR count). The van der Waals surface area contributed by atoms with E-state index in [4.69, 9.17) is 5.73 Å². The lowest BCUT2D eigenvalue weighted by atomic mass is 10.1. The van der Waals surface area contributed by atoms with Gasteiger partial charge in [-0.1, -0.05) is 13.3 Å². The lowest BCUT2D eigenvalue weighted by Crippen LogP contribution is -2.21. The van der Waals surface area contributed by atoms with E-state index >= 15 is 0 Å². The first kappa shape index (κ1) is 11.9. The van der Waals surface area contributed by atoms with E-state index in [-0.39, 0.29) is 0 Å². The van der Waals surface area contributed by atoms with E-state index in [1.807, 2.05) is 11.4 Å². The van der Waals surface area contributed by atoms with Crippen LogP contribution in [-0.2, 0) is 6.54 Å². The minimum Gasteiger partial charge on any atom is -0.383 e. The third-order valence-corrected chi connectivity index (χ3v) is 4.52. The topological polar surface area (TPSA) is 55.0 Å². The molecular weight excluding hydrogens is 244 g/mol. The molecule has 96 valence electrons. The van der Waals surface area contributed by atoms with Gasteiger partial charge in [-0.15, -0.1) is 11.3 Å².